The van der Waals surface area contributed by atoms with Gasteiger partial charge in [-0.1, -0.05) is 0 Å². The van der Waals surface area contributed by atoms with Crippen LogP contribution in [-0.4, -0.2) is 29.9 Å². The summed E-state index contributed by atoms with van der Waals surface area (Å²) in [5, 5.41) is 5.15. The Balaban J connectivity index is 2.39. The van der Waals surface area contributed by atoms with Gasteiger partial charge in [-0.2, -0.15) is 0 Å². The predicted octanol–water partition coefficient (Wildman–Crippen LogP) is -0.666. The molecule has 0 spiro atoms. The number of rotatable bonds is 5. The number of nitrogens with one attached hydrogen (secondary N) is 2. The van der Waals surface area contributed by atoms with E-state index in [1.165, 1.54) is 0 Å². The van der Waals surface area contributed by atoms with Crippen molar-refractivity contribution in [3.63, 3.8) is 0 Å². The number of hydrogen-bond acceptors (Lipinski definition) is 4. The van der Waals surface area contributed by atoms with Crippen LogP contribution >= 0.6 is 0 Å². The standard InChI is InChI=1S/C11H16N4O2/c1-8(9-2-4-13-5-3-9)15-11(17)7-14-10(16)6-12/h2-5,8H,6-7,12H2,1H3,(H,14,16)(H,15,17). The number of carbonyl (C=O) groups excluding carboxylic acids is 2. The molecule has 6 nitrogen and oxygen atoms in total. The van der Waals surface area contributed by atoms with Gasteiger partial charge in [-0.3, -0.25) is 14.6 Å². The summed E-state index contributed by atoms with van der Waals surface area (Å²) >= 11 is 0. The molecule has 6 heteroatoms. The van der Waals surface area contributed by atoms with Gasteiger partial charge in [0.15, 0.2) is 0 Å². The summed E-state index contributed by atoms with van der Waals surface area (Å²) in [6.45, 7) is 1.68. The molecule has 2 amide bonds. The van der Waals surface area contributed by atoms with Crippen LogP contribution in [0.1, 0.15) is 18.5 Å². The van der Waals surface area contributed by atoms with Gasteiger partial charge in [-0.05, 0) is 24.6 Å². The molecule has 92 valence electrons. The summed E-state index contributed by atoms with van der Waals surface area (Å²) in [6, 6.07) is 3.52. The molecule has 0 aliphatic carbocycles. The number of nitrogens with two attached hydrogens (primary N) is 1. The summed E-state index contributed by atoms with van der Waals surface area (Å²) in [4.78, 5) is 26.2. The molecular formula is C11H16N4O2. The van der Waals surface area contributed by atoms with Crippen molar-refractivity contribution >= 4 is 11.8 Å². The first-order chi connectivity index (χ1) is 8.13. The second kappa shape index (κ2) is 6.59. The minimum Gasteiger partial charge on any atom is -0.348 e. The van der Waals surface area contributed by atoms with E-state index >= 15 is 0 Å². The summed E-state index contributed by atoms with van der Waals surface area (Å²) in [5.41, 5.74) is 6.06. The lowest BCUT2D eigenvalue weighted by molar-refractivity contribution is -0.125. The van der Waals surface area contributed by atoms with Crippen LogP contribution in [0.25, 0.3) is 0 Å². The fourth-order valence-corrected chi connectivity index (χ4v) is 1.28. The fraction of sp³-hybridized carbons (Fsp3) is 0.364. The Kier molecular flexibility index (Phi) is 5.09. The van der Waals surface area contributed by atoms with Crippen molar-refractivity contribution in [2.75, 3.05) is 13.1 Å². The van der Waals surface area contributed by atoms with Crippen molar-refractivity contribution in [3.8, 4) is 0 Å². The minimum absolute atomic E-state index is 0.0640. The van der Waals surface area contributed by atoms with Gasteiger partial charge in [0.1, 0.15) is 0 Å². The Morgan fingerprint density at radius 1 is 1.35 bits per heavy atom. The molecule has 0 aromatic carbocycles. The molecule has 1 aromatic rings. The summed E-state index contributed by atoms with van der Waals surface area (Å²) in [7, 11) is 0. The van der Waals surface area contributed by atoms with Gasteiger partial charge >= 0.3 is 0 Å². The van der Waals surface area contributed by atoms with Gasteiger partial charge in [0.05, 0.1) is 19.1 Å². The molecule has 0 aliphatic rings. The third kappa shape index (κ3) is 4.60. The van der Waals surface area contributed by atoms with Crippen LogP contribution in [0.5, 0.6) is 0 Å². The monoisotopic (exact) mass is 236 g/mol. The van der Waals surface area contributed by atoms with Crippen LogP contribution < -0.4 is 16.4 Å². The average Bonchev–Trinajstić information content (AvgIpc) is 2.36. The highest BCUT2D eigenvalue weighted by Crippen LogP contribution is 2.09. The van der Waals surface area contributed by atoms with Crippen LogP contribution in [0.2, 0.25) is 0 Å². The van der Waals surface area contributed by atoms with E-state index in [1.807, 2.05) is 19.1 Å². The molecule has 0 radical (unpaired) electrons. The molecule has 1 rings (SSSR count). The first-order valence-electron chi connectivity index (χ1n) is 5.29. The number of aromatic nitrogens is 1. The Labute approximate surface area is 99.6 Å². The Morgan fingerprint density at radius 2 is 2.00 bits per heavy atom. The van der Waals surface area contributed by atoms with Crippen molar-refractivity contribution in [2.45, 2.75) is 13.0 Å². The van der Waals surface area contributed by atoms with Crippen molar-refractivity contribution in [1.82, 2.24) is 15.6 Å². The van der Waals surface area contributed by atoms with Gasteiger partial charge in [-0.15, -0.1) is 0 Å². The lowest BCUT2D eigenvalue weighted by Crippen LogP contribution is -2.40. The van der Waals surface area contributed by atoms with Crippen LogP contribution in [0.15, 0.2) is 24.5 Å². The van der Waals surface area contributed by atoms with Crippen LogP contribution in [-0.2, 0) is 9.59 Å². The lowest BCUT2D eigenvalue weighted by atomic mass is 10.1. The number of carbonyl (C=O) groups is 2. The zero-order valence-electron chi connectivity index (χ0n) is 9.64. The van der Waals surface area contributed by atoms with E-state index in [2.05, 4.69) is 15.6 Å². The maximum absolute atomic E-state index is 11.5. The van der Waals surface area contributed by atoms with Gasteiger partial charge in [0.2, 0.25) is 11.8 Å². The first kappa shape index (κ1) is 13.1. The number of pyridine rings is 1. The molecule has 1 unspecified atom stereocenters. The highest BCUT2D eigenvalue weighted by Gasteiger charge is 2.09. The maximum atomic E-state index is 11.5. The second-order valence-electron chi connectivity index (χ2n) is 3.55. The van der Waals surface area contributed by atoms with E-state index in [4.69, 9.17) is 5.73 Å². The van der Waals surface area contributed by atoms with E-state index < -0.39 is 0 Å². The van der Waals surface area contributed by atoms with Gasteiger partial charge < -0.3 is 16.4 Å². The Bertz CT molecular complexity index is 380. The molecule has 0 saturated heterocycles. The largest absolute Gasteiger partial charge is 0.348 e. The smallest absolute Gasteiger partial charge is 0.239 e. The topological polar surface area (TPSA) is 97.1 Å². The third-order valence-electron chi connectivity index (χ3n) is 2.22. The third-order valence-corrected chi connectivity index (χ3v) is 2.22. The molecule has 0 saturated carbocycles. The molecule has 17 heavy (non-hydrogen) atoms. The van der Waals surface area contributed by atoms with E-state index in [0.29, 0.717) is 0 Å². The molecule has 1 atom stereocenters. The molecule has 0 aliphatic heterocycles. The van der Waals surface area contributed by atoms with E-state index in [0.717, 1.165) is 5.56 Å². The van der Waals surface area contributed by atoms with Gasteiger partial charge in [0, 0.05) is 12.4 Å². The summed E-state index contributed by atoms with van der Waals surface area (Å²) in [5.74, 6) is -0.604. The highest BCUT2D eigenvalue weighted by molar-refractivity contribution is 5.85. The molecular weight excluding hydrogens is 220 g/mol. The van der Waals surface area contributed by atoms with E-state index in [-0.39, 0.29) is 30.9 Å². The maximum Gasteiger partial charge on any atom is 0.239 e. The van der Waals surface area contributed by atoms with Gasteiger partial charge in [-0.25, -0.2) is 0 Å². The number of amides is 2. The molecule has 1 aromatic heterocycles. The minimum atomic E-state index is -0.350. The summed E-state index contributed by atoms with van der Waals surface area (Å²) in [6.07, 6.45) is 3.32. The second-order valence-corrected chi connectivity index (χ2v) is 3.55. The Morgan fingerprint density at radius 3 is 2.59 bits per heavy atom. The predicted molar refractivity (Wildman–Crippen MR) is 62.9 cm³/mol. The number of nitrogens with zero attached hydrogens (tertiary/aromatic N) is 1. The fourth-order valence-electron chi connectivity index (χ4n) is 1.28. The molecule has 1 heterocycles. The van der Waals surface area contributed by atoms with E-state index in [1.54, 1.807) is 12.4 Å². The average molecular weight is 236 g/mol. The van der Waals surface area contributed by atoms with Crippen molar-refractivity contribution in [3.05, 3.63) is 30.1 Å². The van der Waals surface area contributed by atoms with Crippen LogP contribution in [0.3, 0.4) is 0 Å². The summed E-state index contributed by atoms with van der Waals surface area (Å²) < 4.78 is 0. The van der Waals surface area contributed by atoms with Crippen molar-refractivity contribution in [2.24, 2.45) is 5.73 Å². The molecule has 4 N–H and O–H groups in total. The van der Waals surface area contributed by atoms with Crippen molar-refractivity contribution in [1.29, 1.82) is 0 Å². The number of hydrogen-bond donors (Lipinski definition) is 3. The van der Waals surface area contributed by atoms with Crippen LogP contribution in [0, 0.1) is 0 Å². The highest BCUT2D eigenvalue weighted by atomic mass is 16.2. The SMILES string of the molecule is CC(NC(=O)CNC(=O)CN)c1ccncc1. The van der Waals surface area contributed by atoms with Gasteiger partial charge in [0.25, 0.3) is 0 Å². The molecule has 0 bridgehead atoms. The lowest BCUT2D eigenvalue weighted by Gasteiger charge is -2.14. The quantitative estimate of drug-likeness (QED) is 0.632. The van der Waals surface area contributed by atoms with E-state index in [9.17, 15) is 9.59 Å². The Hall–Kier alpha value is -1.95. The first-order valence-corrected chi connectivity index (χ1v) is 5.29. The zero-order valence-corrected chi connectivity index (χ0v) is 9.64. The molecule has 0 fully saturated rings. The van der Waals surface area contributed by atoms with Crippen molar-refractivity contribution < 1.29 is 9.59 Å². The normalized spacial score (nSPS) is 11.6. The van der Waals surface area contributed by atoms with Crippen LogP contribution in [0.4, 0.5) is 0 Å². The zero-order chi connectivity index (χ0) is 12.7.